The summed E-state index contributed by atoms with van der Waals surface area (Å²) in [7, 11) is 0. The Morgan fingerprint density at radius 2 is 2.06 bits per heavy atom. The van der Waals surface area contributed by atoms with Gasteiger partial charge in [0, 0.05) is 11.4 Å². The van der Waals surface area contributed by atoms with Crippen LogP contribution in [0, 0.1) is 13.8 Å². The van der Waals surface area contributed by atoms with Crippen molar-refractivity contribution in [1.82, 2.24) is 5.32 Å². The third-order valence-corrected chi connectivity index (χ3v) is 3.95. The predicted molar refractivity (Wildman–Crippen MR) is 75.6 cm³/mol. The van der Waals surface area contributed by atoms with Gasteiger partial charge in [0.25, 0.3) is 0 Å². The first kappa shape index (κ1) is 12.3. The van der Waals surface area contributed by atoms with Gasteiger partial charge in [-0.2, -0.15) is 0 Å². The van der Waals surface area contributed by atoms with E-state index in [9.17, 15) is 0 Å². The Morgan fingerprint density at radius 1 is 1.18 bits per heavy atom. The van der Waals surface area contributed by atoms with Gasteiger partial charge in [-0.3, -0.25) is 0 Å². The highest BCUT2D eigenvalue weighted by Gasteiger charge is 1.99. The fraction of sp³-hybridized carbons (Fsp3) is 0.333. The van der Waals surface area contributed by atoms with Crippen LogP contribution in [0.5, 0.6) is 0 Å². The molecule has 1 nitrogen and oxygen atoms in total. The van der Waals surface area contributed by atoms with E-state index in [1.165, 1.54) is 21.6 Å². The molecular formula is C15H19NS. The third-order valence-electron chi connectivity index (χ3n) is 2.93. The van der Waals surface area contributed by atoms with E-state index >= 15 is 0 Å². The first-order valence-electron chi connectivity index (χ1n) is 6.05. The highest BCUT2D eigenvalue weighted by Crippen LogP contribution is 2.14. The molecule has 1 aromatic heterocycles. The van der Waals surface area contributed by atoms with Crippen molar-refractivity contribution in [1.29, 1.82) is 0 Å². The van der Waals surface area contributed by atoms with Gasteiger partial charge in [0.05, 0.1) is 0 Å². The molecule has 0 saturated heterocycles. The van der Waals surface area contributed by atoms with Crippen LogP contribution in [0.1, 0.15) is 21.6 Å². The average molecular weight is 245 g/mol. The number of benzene rings is 1. The van der Waals surface area contributed by atoms with Crippen LogP contribution >= 0.6 is 11.3 Å². The van der Waals surface area contributed by atoms with Crippen LogP contribution in [0.2, 0.25) is 0 Å². The second-order valence-corrected chi connectivity index (χ2v) is 5.44. The van der Waals surface area contributed by atoms with Gasteiger partial charge in [0.1, 0.15) is 0 Å². The van der Waals surface area contributed by atoms with E-state index in [0.717, 1.165) is 19.5 Å². The van der Waals surface area contributed by atoms with Crippen molar-refractivity contribution >= 4 is 11.3 Å². The Morgan fingerprint density at radius 3 is 2.76 bits per heavy atom. The maximum Gasteiger partial charge on any atom is 0.0302 e. The Labute approximate surface area is 108 Å². The van der Waals surface area contributed by atoms with Gasteiger partial charge in [-0.05, 0) is 49.4 Å². The molecule has 0 aliphatic carbocycles. The largest absolute Gasteiger partial charge is 0.312 e. The van der Waals surface area contributed by atoms with Crippen molar-refractivity contribution in [3.8, 4) is 0 Å². The first-order chi connectivity index (χ1) is 8.25. The normalized spacial score (nSPS) is 10.7. The van der Waals surface area contributed by atoms with Crippen molar-refractivity contribution in [2.24, 2.45) is 0 Å². The molecule has 0 aliphatic rings. The van der Waals surface area contributed by atoms with Crippen LogP contribution < -0.4 is 5.32 Å². The summed E-state index contributed by atoms with van der Waals surface area (Å²) in [6.45, 7) is 6.36. The number of nitrogens with one attached hydrogen (secondary N) is 1. The molecule has 0 saturated carbocycles. The third kappa shape index (κ3) is 3.69. The Hall–Kier alpha value is -1.12. The number of rotatable bonds is 5. The molecule has 17 heavy (non-hydrogen) atoms. The number of hydrogen-bond acceptors (Lipinski definition) is 2. The molecule has 0 fully saturated rings. The van der Waals surface area contributed by atoms with E-state index in [1.54, 1.807) is 0 Å². The predicted octanol–water partition coefficient (Wildman–Crippen LogP) is 3.70. The summed E-state index contributed by atoms with van der Waals surface area (Å²) in [5.74, 6) is 0. The minimum absolute atomic E-state index is 0.995. The van der Waals surface area contributed by atoms with Gasteiger partial charge < -0.3 is 5.32 Å². The molecular weight excluding hydrogens is 226 g/mol. The van der Waals surface area contributed by atoms with Crippen LogP contribution in [0.4, 0.5) is 0 Å². The van der Waals surface area contributed by atoms with Gasteiger partial charge >= 0.3 is 0 Å². The highest BCUT2D eigenvalue weighted by atomic mass is 32.1. The molecule has 0 spiro atoms. The summed E-state index contributed by atoms with van der Waals surface area (Å²) >= 11 is 1.84. The minimum Gasteiger partial charge on any atom is -0.312 e. The molecule has 0 radical (unpaired) electrons. The van der Waals surface area contributed by atoms with E-state index < -0.39 is 0 Å². The van der Waals surface area contributed by atoms with Crippen molar-refractivity contribution < 1.29 is 0 Å². The monoisotopic (exact) mass is 245 g/mol. The fourth-order valence-electron chi connectivity index (χ4n) is 1.89. The topological polar surface area (TPSA) is 12.0 Å². The lowest BCUT2D eigenvalue weighted by molar-refractivity contribution is 0.691. The number of hydrogen-bond donors (Lipinski definition) is 1. The van der Waals surface area contributed by atoms with Gasteiger partial charge in [-0.25, -0.2) is 0 Å². The summed E-state index contributed by atoms with van der Waals surface area (Å²) in [4.78, 5) is 1.45. The van der Waals surface area contributed by atoms with Crippen molar-refractivity contribution in [3.05, 3.63) is 57.3 Å². The standard InChI is InChI=1S/C15H19NS/c1-12-4-3-5-14(10-12)6-8-16-11-15-13(2)7-9-17-15/h3-5,7,9-10,16H,6,8,11H2,1-2H3. The summed E-state index contributed by atoms with van der Waals surface area (Å²) in [6.07, 6.45) is 1.10. The second kappa shape index (κ2) is 5.99. The van der Waals surface area contributed by atoms with Crippen molar-refractivity contribution in [2.75, 3.05) is 6.54 Å². The summed E-state index contributed by atoms with van der Waals surface area (Å²) in [6, 6.07) is 10.9. The summed E-state index contributed by atoms with van der Waals surface area (Å²) < 4.78 is 0. The first-order valence-corrected chi connectivity index (χ1v) is 6.93. The Balaban J connectivity index is 1.75. The molecule has 1 N–H and O–H groups in total. The maximum atomic E-state index is 3.51. The molecule has 0 unspecified atom stereocenters. The lowest BCUT2D eigenvalue weighted by Crippen LogP contribution is -2.16. The second-order valence-electron chi connectivity index (χ2n) is 4.44. The quantitative estimate of drug-likeness (QED) is 0.792. The lowest BCUT2D eigenvalue weighted by atomic mass is 10.1. The van der Waals surface area contributed by atoms with Crippen molar-refractivity contribution in [2.45, 2.75) is 26.8 Å². The zero-order chi connectivity index (χ0) is 12.1. The van der Waals surface area contributed by atoms with E-state index in [4.69, 9.17) is 0 Å². The molecule has 0 amide bonds. The van der Waals surface area contributed by atoms with Gasteiger partial charge in [0.15, 0.2) is 0 Å². The Bertz CT molecular complexity index is 473. The molecule has 2 rings (SSSR count). The van der Waals surface area contributed by atoms with E-state index in [0.29, 0.717) is 0 Å². The molecule has 0 atom stereocenters. The molecule has 0 bridgehead atoms. The minimum atomic E-state index is 0.995. The van der Waals surface area contributed by atoms with Crippen LogP contribution in [0.25, 0.3) is 0 Å². The smallest absolute Gasteiger partial charge is 0.0302 e. The van der Waals surface area contributed by atoms with Crippen LogP contribution in [-0.4, -0.2) is 6.54 Å². The SMILES string of the molecule is Cc1cccc(CCNCc2sccc2C)c1. The van der Waals surface area contributed by atoms with Crippen LogP contribution in [-0.2, 0) is 13.0 Å². The highest BCUT2D eigenvalue weighted by molar-refractivity contribution is 7.10. The summed E-state index contributed by atoms with van der Waals surface area (Å²) in [5.41, 5.74) is 4.16. The van der Waals surface area contributed by atoms with E-state index in [1.807, 2.05) is 11.3 Å². The van der Waals surface area contributed by atoms with Crippen LogP contribution in [0.3, 0.4) is 0 Å². The van der Waals surface area contributed by atoms with E-state index in [-0.39, 0.29) is 0 Å². The van der Waals surface area contributed by atoms with Gasteiger partial charge in [0.2, 0.25) is 0 Å². The molecule has 0 aliphatic heterocycles. The fourth-order valence-corrected chi connectivity index (χ4v) is 2.76. The van der Waals surface area contributed by atoms with Gasteiger partial charge in [-0.15, -0.1) is 11.3 Å². The number of thiophene rings is 1. The zero-order valence-corrected chi connectivity index (χ0v) is 11.3. The maximum absolute atomic E-state index is 3.51. The average Bonchev–Trinajstić information content (AvgIpc) is 2.71. The zero-order valence-electron chi connectivity index (χ0n) is 10.5. The molecule has 1 aromatic carbocycles. The van der Waals surface area contributed by atoms with E-state index in [2.05, 4.69) is 54.9 Å². The van der Waals surface area contributed by atoms with Gasteiger partial charge in [-0.1, -0.05) is 29.8 Å². The number of aryl methyl sites for hydroxylation is 2. The molecule has 2 heteroatoms. The van der Waals surface area contributed by atoms with Crippen molar-refractivity contribution in [3.63, 3.8) is 0 Å². The molecule has 90 valence electrons. The Kier molecular flexibility index (Phi) is 4.35. The summed E-state index contributed by atoms with van der Waals surface area (Å²) in [5, 5.41) is 5.67. The molecule has 2 aromatic rings. The molecule has 1 heterocycles. The lowest BCUT2D eigenvalue weighted by Gasteiger charge is -2.05. The van der Waals surface area contributed by atoms with Crippen LogP contribution in [0.15, 0.2) is 35.7 Å².